The lowest BCUT2D eigenvalue weighted by Crippen LogP contribution is -2.44. The lowest BCUT2D eigenvalue weighted by Gasteiger charge is -2.33. The smallest absolute Gasteiger partial charge is 0.417 e. The average molecular weight is 706 g/mol. The van der Waals surface area contributed by atoms with Gasteiger partial charge in [0, 0.05) is 49.1 Å². The number of benzene rings is 2. The third-order valence-corrected chi connectivity index (χ3v) is 11.1. The normalized spacial score (nSPS) is 24.2. The van der Waals surface area contributed by atoms with Crippen molar-refractivity contribution in [2.24, 2.45) is 0 Å². The molecule has 9 nitrogen and oxygen atoms in total. The molecule has 260 valence electrons. The molecule has 1 amide bonds. The Morgan fingerprint density at radius 3 is 2.73 bits per heavy atom. The van der Waals surface area contributed by atoms with Crippen LogP contribution in [0.4, 0.5) is 37.3 Å². The van der Waals surface area contributed by atoms with Crippen LogP contribution in [0.15, 0.2) is 30.9 Å². The molecule has 2 N–H and O–H groups in total. The van der Waals surface area contributed by atoms with Crippen molar-refractivity contribution in [3.05, 3.63) is 48.1 Å². The van der Waals surface area contributed by atoms with Crippen molar-refractivity contribution < 1.29 is 35.9 Å². The van der Waals surface area contributed by atoms with E-state index >= 15 is 4.39 Å². The van der Waals surface area contributed by atoms with Crippen LogP contribution in [-0.2, 0) is 11.0 Å². The lowest BCUT2D eigenvalue weighted by atomic mass is 9.94. The number of hydrogen-bond donors (Lipinski definition) is 1. The number of amides is 1. The minimum atomic E-state index is -5.07. The number of likely N-dealkylation sites (tertiary alicyclic amines) is 1. The molecule has 16 heteroatoms. The van der Waals surface area contributed by atoms with Crippen molar-refractivity contribution in [1.82, 2.24) is 24.8 Å². The molecular formula is C33H33F6N7O2S. The minimum Gasteiger partial charge on any atom is -0.461 e. The molecular weight excluding hydrogens is 672 g/mol. The molecule has 2 aromatic carbocycles. The Kier molecular flexibility index (Phi) is 8.16. The molecule has 3 fully saturated rings. The van der Waals surface area contributed by atoms with E-state index in [0.717, 1.165) is 36.0 Å². The van der Waals surface area contributed by atoms with Gasteiger partial charge < -0.3 is 20.3 Å². The van der Waals surface area contributed by atoms with E-state index in [1.807, 2.05) is 4.90 Å². The molecule has 4 aromatic rings. The number of fused-ring (bicyclic) bond motifs is 3. The number of carbonyl (C=O) groups is 1. The zero-order valence-electron chi connectivity index (χ0n) is 26.7. The summed E-state index contributed by atoms with van der Waals surface area (Å²) in [7, 11) is 1.61. The van der Waals surface area contributed by atoms with E-state index in [4.69, 9.17) is 10.5 Å². The number of ether oxygens (including phenoxy) is 1. The van der Waals surface area contributed by atoms with Crippen LogP contribution in [0.3, 0.4) is 0 Å². The maximum absolute atomic E-state index is 16.9. The number of nitrogens with two attached hydrogens (primary N) is 1. The van der Waals surface area contributed by atoms with Crippen LogP contribution in [-0.4, -0.2) is 87.7 Å². The highest BCUT2D eigenvalue weighted by Gasteiger charge is 2.49. The summed E-state index contributed by atoms with van der Waals surface area (Å²) < 4.78 is 96.7. The summed E-state index contributed by atoms with van der Waals surface area (Å²) in [5, 5.41) is -0.346. The Morgan fingerprint density at radius 2 is 2.00 bits per heavy atom. The van der Waals surface area contributed by atoms with Crippen LogP contribution >= 0.6 is 11.3 Å². The third kappa shape index (κ3) is 5.52. The summed E-state index contributed by atoms with van der Waals surface area (Å²) >= 11 is 0.734. The SMILES string of the molecule is C=CC(=O)N1CCC(N(C)c2nc(OC[C@@]34CCCN3C[C@H](F)C4)nc3c(F)c(-c4ccc(F)c5sc(N)nc45)c(C(F)(F)F)cc23)[C@@H]1C. The van der Waals surface area contributed by atoms with Gasteiger partial charge in [0.05, 0.1) is 27.4 Å². The number of rotatable bonds is 7. The second-order valence-corrected chi connectivity index (χ2v) is 14.0. The van der Waals surface area contributed by atoms with Crippen molar-refractivity contribution in [3.8, 4) is 17.1 Å². The third-order valence-electron chi connectivity index (χ3n) is 10.2. The van der Waals surface area contributed by atoms with Crippen LogP contribution in [0, 0.1) is 11.6 Å². The molecule has 49 heavy (non-hydrogen) atoms. The Balaban J connectivity index is 1.42. The van der Waals surface area contributed by atoms with E-state index in [2.05, 4.69) is 21.5 Å². The largest absolute Gasteiger partial charge is 0.461 e. The van der Waals surface area contributed by atoms with Crippen LogP contribution in [0.5, 0.6) is 6.01 Å². The molecule has 7 rings (SSSR count). The van der Waals surface area contributed by atoms with Crippen molar-refractivity contribution in [2.45, 2.75) is 62.6 Å². The quantitative estimate of drug-likeness (QED) is 0.176. The molecule has 3 aliphatic rings. The summed E-state index contributed by atoms with van der Waals surface area (Å²) in [6, 6.07) is 1.64. The zero-order chi connectivity index (χ0) is 35.0. The van der Waals surface area contributed by atoms with E-state index in [9.17, 15) is 26.7 Å². The highest BCUT2D eigenvalue weighted by molar-refractivity contribution is 7.22. The number of aromatic nitrogens is 3. The molecule has 2 aromatic heterocycles. The first-order chi connectivity index (χ1) is 23.2. The number of carbonyl (C=O) groups excluding carboxylic acids is 1. The fourth-order valence-electron chi connectivity index (χ4n) is 7.88. The number of alkyl halides is 4. The van der Waals surface area contributed by atoms with Gasteiger partial charge >= 0.3 is 12.2 Å². The molecule has 1 unspecified atom stereocenters. The van der Waals surface area contributed by atoms with Crippen molar-refractivity contribution in [2.75, 3.05) is 43.9 Å². The molecule has 0 saturated carbocycles. The van der Waals surface area contributed by atoms with Gasteiger partial charge in [0.2, 0.25) is 5.91 Å². The molecule has 5 heterocycles. The summed E-state index contributed by atoms with van der Waals surface area (Å²) in [4.78, 5) is 30.6. The Labute approximate surface area is 281 Å². The number of anilines is 2. The summed E-state index contributed by atoms with van der Waals surface area (Å²) in [5.41, 5.74) is 1.98. The standard InChI is InChI=1S/C33H33F6N7O2S/c1-4-23(47)46-11-8-22(16(46)2)44(3)29-19-12-20(33(37,38)39)24(18-6-7-21(35)28-27(18)41-30(40)49-28)25(36)26(19)42-31(43-29)48-15-32-9-5-10-45(32)14-17(34)13-32/h4,6-7,12,16-17,22H,1,5,8-11,13-15H2,2-3H3,(H2,40,41)/t16-,17+,22?,32-/m0/s1. The number of likely N-dealkylation sites (N-methyl/N-ethyl adjacent to an activating group) is 1. The van der Waals surface area contributed by atoms with E-state index < -0.39 is 58.2 Å². The second-order valence-electron chi connectivity index (χ2n) is 13.0. The second kappa shape index (κ2) is 12.0. The number of hydrogen-bond acceptors (Lipinski definition) is 9. The Bertz CT molecular complexity index is 1990. The fourth-order valence-corrected chi connectivity index (χ4v) is 8.64. The first kappa shape index (κ1) is 33.3. The maximum atomic E-state index is 16.9. The van der Waals surface area contributed by atoms with Gasteiger partial charge in [0.15, 0.2) is 10.9 Å². The van der Waals surface area contributed by atoms with Crippen molar-refractivity contribution in [3.63, 3.8) is 0 Å². The van der Waals surface area contributed by atoms with Crippen LogP contribution in [0.25, 0.3) is 32.2 Å². The summed E-state index contributed by atoms with van der Waals surface area (Å²) in [5.74, 6) is -2.44. The first-order valence-electron chi connectivity index (χ1n) is 15.9. The molecule has 4 atom stereocenters. The monoisotopic (exact) mass is 705 g/mol. The number of nitrogen functional groups attached to an aromatic ring is 1. The zero-order valence-corrected chi connectivity index (χ0v) is 27.5. The van der Waals surface area contributed by atoms with Gasteiger partial charge in [-0.1, -0.05) is 17.9 Å². The maximum Gasteiger partial charge on any atom is 0.417 e. The first-order valence-corrected chi connectivity index (χ1v) is 16.7. The van der Waals surface area contributed by atoms with E-state index in [0.29, 0.717) is 25.9 Å². The minimum absolute atomic E-state index is 0.00464. The van der Waals surface area contributed by atoms with E-state index in [-0.39, 0.29) is 63.6 Å². The highest BCUT2D eigenvalue weighted by Crippen LogP contribution is 2.47. The Hall–Kier alpha value is -4.18. The predicted octanol–water partition coefficient (Wildman–Crippen LogP) is 6.35. The van der Waals surface area contributed by atoms with E-state index in [1.54, 1.807) is 23.8 Å². The van der Waals surface area contributed by atoms with Crippen LogP contribution in [0.1, 0.15) is 38.2 Å². The van der Waals surface area contributed by atoms with Crippen molar-refractivity contribution >= 4 is 49.3 Å². The number of nitrogens with zero attached hydrogens (tertiary/aromatic N) is 6. The van der Waals surface area contributed by atoms with Gasteiger partial charge in [0.1, 0.15) is 29.9 Å². The van der Waals surface area contributed by atoms with Gasteiger partial charge in [0.25, 0.3) is 0 Å². The fraction of sp³-hybridized carbons (Fsp3) is 0.455. The topological polar surface area (TPSA) is 101 Å². The predicted molar refractivity (Wildman–Crippen MR) is 174 cm³/mol. The molecule has 3 saturated heterocycles. The van der Waals surface area contributed by atoms with Crippen molar-refractivity contribution in [1.29, 1.82) is 0 Å². The average Bonchev–Trinajstić information content (AvgIpc) is 3.81. The van der Waals surface area contributed by atoms with Gasteiger partial charge in [-0.05, 0) is 57.0 Å². The molecule has 0 aliphatic carbocycles. The van der Waals surface area contributed by atoms with Gasteiger partial charge in [-0.3, -0.25) is 9.69 Å². The Morgan fingerprint density at radius 1 is 1.22 bits per heavy atom. The van der Waals surface area contributed by atoms with Gasteiger partial charge in [-0.15, -0.1) is 0 Å². The molecule has 3 aliphatic heterocycles. The van der Waals surface area contributed by atoms with E-state index in [1.165, 1.54) is 6.08 Å². The van der Waals surface area contributed by atoms with Crippen LogP contribution in [0.2, 0.25) is 0 Å². The van der Waals surface area contributed by atoms with Gasteiger partial charge in [-0.2, -0.15) is 23.1 Å². The molecule has 0 radical (unpaired) electrons. The number of halogens is 6. The molecule has 0 bridgehead atoms. The highest BCUT2D eigenvalue weighted by atomic mass is 32.1. The van der Waals surface area contributed by atoms with Crippen LogP contribution < -0.4 is 15.4 Å². The number of thiazole rings is 1. The van der Waals surface area contributed by atoms with Gasteiger partial charge in [-0.25, -0.2) is 18.2 Å². The summed E-state index contributed by atoms with van der Waals surface area (Å²) in [6.45, 7) is 6.67. The molecule has 0 spiro atoms. The summed E-state index contributed by atoms with van der Waals surface area (Å²) in [6.07, 6.45) is -2.72. The lowest BCUT2D eigenvalue weighted by molar-refractivity contribution is -0.137.